The Hall–Kier alpha value is -1.52. The molecule has 1 aliphatic carbocycles. The first-order valence-corrected chi connectivity index (χ1v) is 8.68. The molecule has 1 saturated carbocycles. The van der Waals surface area contributed by atoms with Crippen LogP contribution in [-0.4, -0.2) is 39.8 Å². The highest BCUT2D eigenvalue weighted by Gasteiger charge is 2.31. The van der Waals surface area contributed by atoms with Crippen LogP contribution in [0.2, 0.25) is 0 Å². The predicted octanol–water partition coefficient (Wildman–Crippen LogP) is 3.03. The molecule has 0 aromatic carbocycles. The molecule has 22 heavy (non-hydrogen) atoms. The summed E-state index contributed by atoms with van der Waals surface area (Å²) in [5.74, 6) is 0. The van der Waals surface area contributed by atoms with Gasteiger partial charge in [0.25, 0.3) is 0 Å². The highest BCUT2D eigenvalue weighted by molar-refractivity contribution is 5.74. The third-order valence-corrected chi connectivity index (χ3v) is 5.32. The third kappa shape index (κ3) is 3.62. The van der Waals surface area contributed by atoms with Crippen molar-refractivity contribution in [1.29, 1.82) is 0 Å². The van der Waals surface area contributed by atoms with E-state index in [1.54, 1.807) is 6.20 Å². The summed E-state index contributed by atoms with van der Waals surface area (Å²) in [5.41, 5.74) is 0.297. The quantitative estimate of drug-likeness (QED) is 0.929. The third-order valence-electron chi connectivity index (χ3n) is 5.32. The molecule has 2 fully saturated rings. The monoisotopic (exact) mass is 304 g/mol. The molecule has 5 heteroatoms. The Labute approximate surface area is 133 Å². The molecule has 1 unspecified atom stereocenters. The maximum atomic E-state index is 12.6. The number of rotatable bonds is 4. The molecule has 0 radical (unpaired) electrons. The van der Waals surface area contributed by atoms with Crippen molar-refractivity contribution in [2.24, 2.45) is 5.41 Å². The Morgan fingerprint density at radius 3 is 2.86 bits per heavy atom. The molecule has 122 valence electrons. The molecular weight excluding hydrogens is 276 g/mol. The Bertz CT molecular complexity index is 479. The van der Waals surface area contributed by atoms with Crippen LogP contribution in [0.1, 0.15) is 51.9 Å². The minimum Gasteiger partial charge on any atom is -0.337 e. The van der Waals surface area contributed by atoms with Gasteiger partial charge in [-0.15, -0.1) is 0 Å². The van der Waals surface area contributed by atoms with Gasteiger partial charge >= 0.3 is 6.03 Å². The maximum Gasteiger partial charge on any atom is 0.317 e. The van der Waals surface area contributed by atoms with E-state index in [1.807, 2.05) is 21.8 Å². The van der Waals surface area contributed by atoms with Gasteiger partial charge in [0.05, 0.1) is 12.6 Å². The van der Waals surface area contributed by atoms with Crippen molar-refractivity contribution in [2.45, 2.75) is 64.5 Å². The van der Waals surface area contributed by atoms with Crippen LogP contribution in [0.5, 0.6) is 0 Å². The summed E-state index contributed by atoms with van der Waals surface area (Å²) in [4.78, 5) is 14.6. The molecule has 1 N–H and O–H groups in total. The van der Waals surface area contributed by atoms with Gasteiger partial charge in [-0.3, -0.25) is 4.68 Å². The van der Waals surface area contributed by atoms with Crippen molar-refractivity contribution in [3.63, 3.8) is 0 Å². The van der Waals surface area contributed by atoms with Gasteiger partial charge in [-0.25, -0.2) is 4.79 Å². The molecule has 2 heterocycles. The molecule has 2 amide bonds. The highest BCUT2D eigenvalue weighted by Crippen LogP contribution is 2.35. The van der Waals surface area contributed by atoms with Crippen molar-refractivity contribution in [3.8, 4) is 0 Å². The van der Waals surface area contributed by atoms with E-state index in [4.69, 9.17) is 0 Å². The summed E-state index contributed by atoms with van der Waals surface area (Å²) in [5, 5.41) is 7.46. The smallest absolute Gasteiger partial charge is 0.317 e. The van der Waals surface area contributed by atoms with E-state index in [1.165, 1.54) is 32.1 Å². The topological polar surface area (TPSA) is 50.2 Å². The van der Waals surface area contributed by atoms with Crippen LogP contribution >= 0.6 is 0 Å². The molecule has 0 bridgehead atoms. The van der Waals surface area contributed by atoms with E-state index < -0.39 is 0 Å². The van der Waals surface area contributed by atoms with E-state index in [9.17, 15) is 4.79 Å². The molecule has 1 aromatic heterocycles. The van der Waals surface area contributed by atoms with Gasteiger partial charge in [0.1, 0.15) is 0 Å². The maximum absolute atomic E-state index is 12.6. The molecule has 0 spiro atoms. The van der Waals surface area contributed by atoms with Crippen LogP contribution in [0.15, 0.2) is 18.5 Å². The van der Waals surface area contributed by atoms with Gasteiger partial charge in [-0.2, -0.15) is 5.10 Å². The molecule has 1 aromatic rings. The summed E-state index contributed by atoms with van der Waals surface area (Å²) in [6.45, 7) is 4.81. The van der Waals surface area contributed by atoms with Gasteiger partial charge in [0.2, 0.25) is 0 Å². The molecule has 1 saturated heterocycles. The first-order valence-electron chi connectivity index (χ1n) is 8.68. The normalized spacial score (nSPS) is 24.4. The fourth-order valence-electron chi connectivity index (χ4n) is 3.89. The fourth-order valence-corrected chi connectivity index (χ4v) is 3.89. The number of hydrogen-bond donors (Lipinski definition) is 1. The van der Waals surface area contributed by atoms with Crippen molar-refractivity contribution in [3.05, 3.63) is 18.5 Å². The number of amides is 2. The number of carbonyl (C=O) groups is 1. The van der Waals surface area contributed by atoms with Gasteiger partial charge in [-0.05, 0) is 37.2 Å². The predicted molar refractivity (Wildman–Crippen MR) is 86.5 cm³/mol. The van der Waals surface area contributed by atoms with Crippen molar-refractivity contribution >= 4 is 6.03 Å². The van der Waals surface area contributed by atoms with E-state index in [0.29, 0.717) is 5.41 Å². The second kappa shape index (κ2) is 6.71. The van der Waals surface area contributed by atoms with Crippen LogP contribution in [-0.2, 0) is 6.54 Å². The SMILES string of the molecule is CC1(CNC(=O)N2CCCC2Cn2cccn2)CCCCC1. The van der Waals surface area contributed by atoms with Gasteiger partial charge in [-0.1, -0.05) is 26.2 Å². The minimum absolute atomic E-state index is 0.112. The lowest BCUT2D eigenvalue weighted by Crippen LogP contribution is -2.47. The average molecular weight is 304 g/mol. The van der Waals surface area contributed by atoms with E-state index in [2.05, 4.69) is 17.3 Å². The largest absolute Gasteiger partial charge is 0.337 e. The highest BCUT2D eigenvalue weighted by atomic mass is 16.2. The van der Waals surface area contributed by atoms with Gasteiger partial charge < -0.3 is 10.2 Å². The number of likely N-dealkylation sites (tertiary alicyclic amines) is 1. The number of nitrogens with one attached hydrogen (secondary N) is 1. The standard InChI is InChI=1S/C17H28N4O/c1-17(8-3-2-4-9-17)14-18-16(22)21-12-5-7-15(21)13-20-11-6-10-19-20/h6,10-11,15H,2-5,7-9,12-14H2,1H3,(H,18,22). The van der Waals surface area contributed by atoms with Crippen molar-refractivity contribution in [1.82, 2.24) is 20.0 Å². The lowest BCUT2D eigenvalue weighted by molar-refractivity contribution is 0.167. The molecule has 2 aliphatic rings. The number of hydrogen-bond acceptors (Lipinski definition) is 2. The fraction of sp³-hybridized carbons (Fsp3) is 0.765. The minimum atomic E-state index is 0.112. The zero-order valence-corrected chi connectivity index (χ0v) is 13.6. The number of carbonyl (C=O) groups excluding carboxylic acids is 1. The van der Waals surface area contributed by atoms with Crippen molar-refractivity contribution < 1.29 is 4.79 Å². The van der Waals surface area contributed by atoms with E-state index in [-0.39, 0.29) is 12.1 Å². The van der Waals surface area contributed by atoms with E-state index in [0.717, 1.165) is 32.5 Å². The number of urea groups is 1. The van der Waals surface area contributed by atoms with E-state index >= 15 is 0 Å². The van der Waals surface area contributed by atoms with Crippen molar-refractivity contribution in [2.75, 3.05) is 13.1 Å². The molecule has 5 nitrogen and oxygen atoms in total. The Morgan fingerprint density at radius 2 is 2.14 bits per heavy atom. The Morgan fingerprint density at radius 1 is 1.32 bits per heavy atom. The molecule has 1 aliphatic heterocycles. The summed E-state index contributed by atoms with van der Waals surface area (Å²) in [6, 6.07) is 2.32. The molecule has 3 rings (SSSR count). The second-order valence-electron chi connectivity index (χ2n) is 7.25. The first kappa shape index (κ1) is 15.4. The summed E-state index contributed by atoms with van der Waals surface area (Å²) < 4.78 is 1.93. The van der Waals surface area contributed by atoms with Crippen LogP contribution in [0.4, 0.5) is 4.79 Å². The Balaban J connectivity index is 1.52. The number of aromatic nitrogens is 2. The number of nitrogens with zero attached hydrogens (tertiary/aromatic N) is 3. The molecule has 1 atom stereocenters. The van der Waals surface area contributed by atoms with Crippen LogP contribution in [0, 0.1) is 5.41 Å². The summed E-state index contributed by atoms with van der Waals surface area (Å²) in [7, 11) is 0. The summed E-state index contributed by atoms with van der Waals surface area (Å²) >= 11 is 0. The van der Waals surface area contributed by atoms with Crippen LogP contribution < -0.4 is 5.32 Å². The summed E-state index contributed by atoms with van der Waals surface area (Å²) in [6.07, 6.45) is 12.4. The molecular formula is C17H28N4O. The average Bonchev–Trinajstić information content (AvgIpc) is 3.18. The van der Waals surface area contributed by atoms with Gasteiger partial charge in [0, 0.05) is 25.5 Å². The lowest BCUT2D eigenvalue weighted by atomic mass is 9.76. The first-order chi connectivity index (χ1) is 10.7. The van der Waals surface area contributed by atoms with Crippen LogP contribution in [0.3, 0.4) is 0 Å². The lowest BCUT2D eigenvalue weighted by Gasteiger charge is -2.35. The zero-order chi connectivity index (χ0) is 15.4. The second-order valence-corrected chi connectivity index (χ2v) is 7.25. The zero-order valence-electron chi connectivity index (χ0n) is 13.6. The Kier molecular flexibility index (Phi) is 4.69. The van der Waals surface area contributed by atoms with Gasteiger partial charge in [0.15, 0.2) is 0 Å². The van der Waals surface area contributed by atoms with Crippen LogP contribution in [0.25, 0.3) is 0 Å².